The summed E-state index contributed by atoms with van der Waals surface area (Å²) in [4.78, 5) is 3.76. The maximum Gasteiger partial charge on any atom is 0.161 e. The van der Waals surface area contributed by atoms with Gasteiger partial charge in [0.1, 0.15) is 12.5 Å². The molecule has 0 atom stereocenters. The van der Waals surface area contributed by atoms with Gasteiger partial charge in [-0.05, 0) is 6.08 Å². The normalized spacial score (nSPS) is 21.4. The summed E-state index contributed by atoms with van der Waals surface area (Å²) >= 11 is 0. The fraction of sp³-hybridized carbons (Fsp3) is 0.250. The van der Waals surface area contributed by atoms with Crippen molar-refractivity contribution < 1.29 is 1.41 Å². The molecule has 0 saturated heterocycles. The van der Waals surface area contributed by atoms with E-state index < -0.39 is 0 Å². The molecule has 0 bridgehead atoms. The third-order valence-corrected chi connectivity index (χ3v) is 0.686. The Morgan fingerprint density at radius 1 is 2.14 bits per heavy atom. The zero-order chi connectivity index (χ0) is 5.98. The molecule has 0 aliphatic carbocycles. The van der Waals surface area contributed by atoms with Crippen molar-refractivity contribution >= 4 is 5.84 Å². The second kappa shape index (κ2) is 1.64. The molecule has 0 radical (unpaired) electrons. The highest BCUT2D eigenvalue weighted by Gasteiger charge is 1.85. The van der Waals surface area contributed by atoms with Gasteiger partial charge in [-0.3, -0.25) is 0 Å². The molecule has 0 unspecified atom stereocenters. The second-order valence-electron chi connectivity index (χ2n) is 1.22. The average molecular weight is 98.1 g/mol. The molecule has 3 heteroatoms. The largest absolute Gasteiger partial charge is 0.384 e. The van der Waals surface area contributed by atoms with E-state index in [4.69, 9.17) is 7.15 Å². The Balaban J connectivity index is 2.58. The Kier molecular flexibility index (Phi) is 0.719. The van der Waals surface area contributed by atoms with Crippen molar-refractivity contribution in [2.24, 2.45) is 10.7 Å². The molecule has 3 nitrogen and oxygen atoms in total. The first-order valence-corrected chi connectivity index (χ1v) is 2.02. The van der Waals surface area contributed by atoms with Crippen molar-refractivity contribution in [3.8, 4) is 0 Å². The predicted molar refractivity (Wildman–Crippen MR) is 28.8 cm³/mol. The van der Waals surface area contributed by atoms with Gasteiger partial charge in [0.25, 0.3) is 0 Å². The van der Waals surface area contributed by atoms with E-state index in [-0.39, 0.29) is 0 Å². The molecule has 0 amide bonds. The smallest absolute Gasteiger partial charge is 0.161 e. The predicted octanol–water partition coefficient (Wildman–Crippen LogP) is -0.582. The van der Waals surface area contributed by atoms with Gasteiger partial charge in [0, 0.05) is 6.20 Å². The number of nitrogens with two attached hydrogens (primary N) is 1. The number of aliphatic imine (C=N–C) groups is 1. The number of hydrogen-bond acceptors (Lipinski definition) is 3. The van der Waals surface area contributed by atoms with Crippen molar-refractivity contribution in [1.29, 1.82) is 0 Å². The van der Waals surface area contributed by atoms with Crippen molar-refractivity contribution in [3.63, 3.8) is 0 Å². The lowest BCUT2D eigenvalue weighted by molar-refractivity contribution is 0.871. The minimum Gasteiger partial charge on any atom is -0.384 e. The van der Waals surface area contributed by atoms with Gasteiger partial charge in [-0.25, -0.2) is 4.99 Å². The Morgan fingerprint density at radius 2 is 3.00 bits per heavy atom. The van der Waals surface area contributed by atoms with Crippen LogP contribution in [0.15, 0.2) is 17.3 Å². The molecule has 1 heterocycles. The van der Waals surface area contributed by atoms with Gasteiger partial charge in [-0.1, -0.05) is 0 Å². The Hall–Kier alpha value is -0.990. The number of nitrogens with one attached hydrogen (secondary N) is 1. The van der Waals surface area contributed by atoms with E-state index >= 15 is 0 Å². The van der Waals surface area contributed by atoms with Crippen LogP contribution in [0.25, 0.3) is 0 Å². The Labute approximate surface area is 43.4 Å². The van der Waals surface area contributed by atoms with Gasteiger partial charge in [-0.15, -0.1) is 0 Å². The lowest BCUT2D eigenvalue weighted by Crippen LogP contribution is -2.18. The number of hydrogen-bond donors (Lipinski definition) is 2. The van der Waals surface area contributed by atoms with Crippen LogP contribution in [0.3, 0.4) is 0 Å². The molecule has 0 fully saturated rings. The first-order chi connectivity index (χ1) is 3.79. The number of amidine groups is 1. The summed E-state index contributed by atoms with van der Waals surface area (Å²) in [5, 5.41) is 1.20. The van der Waals surface area contributed by atoms with Crippen molar-refractivity contribution in [3.05, 3.63) is 12.3 Å². The minimum atomic E-state index is 0.350. The maximum atomic E-state index is 6.95. The first kappa shape index (κ1) is 3.07. The van der Waals surface area contributed by atoms with E-state index in [0.717, 1.165) is 0 Å². The SMILES string of the molecule is [2H]N1C=CC(N)=NC1. The van der Waals surface area contributed by atoms with Crippen molar-refractivity contribution in [2.45, 2.75) is 0 Å². The molecule has 7 heavy (non-hydrogen) atoms. The van der Waals surface area contributed by atoms with E-state index in [1.54, 1.807) is 12.3 Å². The van der Waals surface area contributed by atoms with Gasteiger partial charge in [0.15, 0.2) is 1.41 Å². The quantitative estimate of drug-likeness (QED) is 0.426. The van der Waals surface area contributed by atoms with Crippen LogP contribution in [0.5, 0.6) is 0 Å². The van der Waals surface area contributed by atoms with Crippen LogP contribution in [-0.4, -0.2) is 12.5 Å². The van der Waals surface area contributed by atoms with Crippen LogP contribution >= 0.6 is 0 Å². The summed E-state index contributed by atoms with van der Waals surface area (Å²) in [6, 6.07) is 0. The highest BCUT2D eigenvalue weighted by molar-refractivity contribution is 5.91. The standard InChI is InChI=1S/C4H7N3/c5-4-1-2-6-3-7-4/h1-2,6H,3H2,(H2,5,7)/i/hD. The van der Waals surface area contributed by atoms with Crippen molar-refractivity contribution in [1.82, 2.24) is 5.31 Å². The number of nitrogens with zero attached hydrogens (tertiary/aromatic N) is 1. The Morgan fingerprint density at radius 3 is 3.43 bits per heavy atom. The third-order valence-electron chi connectivity index (χ3n) is 0.686. The lowest BCUT2D eigenvalue weighted by Gasteiger charge is -2.00. The molecule has 0 saturated carbocycles. The van der Waals surface area contributed by atoms with Crippen LogP contribution in [0.2, 0.25) is 1.41 Å². The van der Waals surface area contributed by atoms with E-state index in [1.807, 2.05) is 0 Å². The summed E-state index contributed by atoms with van der Waals surface area (Å²) < 4.78 is 6.95. The molecule has 1 rings (SSSR count). The molecule has 0 aromatic carbocycles. The third kappa shape index (κ3) is 0.924. The zero-order valence-corrected chi connectivity index (χ0v) is 3.83. The summed E-state index contributed by atoms with van der Waals surface area (Å²) in [6.07, 6.45) is 3.17. The van der Waals surface area contributed by atoms with E-state index in [9.17, 15) is 0 Å². The van der Waals surface area contributed by atoms with E-state index in [1.165, 1.54) is 5.31 Å². The van der Waals surface area contributed by atoms with Gasteiger partial charge < -0.3 is 11.0 Å². The maximum absolute atomic E-state index is 6.95. The highest BCUT2D eigenvalue weighted by atomic mass is 15.0. The fourth-order valence-corrected chi connectivity index (χ4v) is 0.351. The Bertz CT molecular complexity index is 140. The molecule has 3 N–H and O–H groups in total. The highest BCUT2D eigenvalue weighted by Crippen LogP contribution is 1.77. The number of rotatable bonds is 0. The zero-order valence-electron chi connectivity index (χ0n) is 4.83. The van der Waals surface area contributed by atoms with Crippen LogP contribution in [0.1, 0.15) is 0 Å². The summed E-state index contributed by atoms with van der Waals surface area (Å²) in [7, 11) is 0. The topological polar surface area (TPSA) is 50.4 Å². The fourth-order valence-electron chi connectivity index (χ4n) is 0.351. The first-order valence-electron chi connectivity index (χ1n) is 2.47. The summed E-state index contributed by atoms with van der Waals surface area (Å²) in [6.45, 7) is 0.350. The van der Waals surface area contributed by atoms with Crippen molar-refractivity contribution in [2.75, 3.05) is 6.67 Å². The monoisotopic (exact) mass is 98.1 g/mol. The second-order valence-corrected chi connectivity index (χ2v) is 1.22. The van der Waals surface area contributed by atoms with E-state index in [0.29, 0.717) is 12.5 Å². The van der Waals surface area contributed by atoms with E-state index in [2.05, 4.69) is 4.99 Å². The van der Waals surface area contributed by atoms with Crippen LogP contribution in [0, 0.1) is 0 Å². The minimum absolute atomic E-state index is 0.350. The molecule has 0 aromatic heterocycles. The van der Waals surface area contributed by atoms with Crippen LogP contribution in [0.4, 0.5) is 0 Å². The van der Waals surface area contributed by atoms with Crippen LogP contribution < -0.4 is 11.0 Å². The molecular formula is C4H7N3. The molecule has 0 spiro atoms. The van der Waals surface area contributed by atoms with Gasteiger partial charge in [0.05, 0.1) is 0 Å². The summed E-state index contributed by atoms with van der Waals surface area (Å²) in [5.41, 5.74) is 5.25. The molecule has 38 valence electrons. The van der Waals surface area contributed by atoms with Gasteiger partial charge >= 0.3 is 0 Å². The lowest BCUT2D eigenvalue weighted by atomic mass is 10.5. The average Bonchev–Trinajstić information content (AvgIpc) is 1.77. The summed E-state index contributed by atoms with van der Waals surface area (Å²) in [5.74, 6) is 0.494. The molecule has 1 aliphatic rings. The van der Waals surface area contributed by atoms with Gasteiger partial charge in [-0.2, -0.15) is 0 Å². The molecule has 0 aromatic rings. The molecular weight excluding hydrogens is 90.1 g/mol. The van der Waals surface area contributed by atoms with Gasteiger partial charge in [0.2, 0.25) is 0 Å². The van der Waals surface area contributed by atoms with Crippen LogP contribution in [-0.2, 0) is 0 Å². The molecule has 1 aliphatic heterocycles.